The highest BCUT2D eigenvalue weighted by Gasteiger charge is 2.44. The molecule has 0 aromatic heterocycles. The fourth-order valence-corrected chi connectivity index (χ4v) is 3.04. The maximum atomic E-state index is 13.6. The number of hydrogen-bond acceptors (Lipinski definition) is 2. The van der Waals surface area contributed by atoms with Gasteiger partial charge in [0.15, 0.2) is 0 Å². The monoisotopic (exact) mass is 249 g/mol. The maximum absolute atomic E-state index is 13.6. The molecule has 1 aromatic rings. The molecule has 1 aliphatic carbocycles. The summed E-state index contributed by atoms with van der Waals surface area (Å²) in [5.41, 5.74) is 0.382. The van der Waals surface area contributed by atoms with Gasteiger partial charge in [-0.15, -0.1) is 0 Å². The standard InChI is InChI=1S/C14H16FNO2/c15-12-8-10(17)2-3-11(12)13(18)16-7-6-14(9-16)4-1-5-14/h2-3,8,17H,1,4-7,9H2. The topological polar surface area (TPSA) is 40.5 Å². The van der Waals surface area contributed by atoms with Crippen LogP contribution in [0.15, 0.2) is 18.2 Å². The Kier molecular flexibility index (Phi) is 2.54. The molecule has 0 bridgehead atoms. The average molecular weight is 249 g/mol. The van der Waals surface area contributed by atoms with Gasteiger partial charge in [-0.2, -0.15) is 0 Å². The van der Waals surface area contributed by atoms with Crippen LogP contribution in [0.4, 0.5) is 4.39 Å². The third-order valence-electron chi connectivity index (χ3n) is 4.32. The first-order chi connectivity index (χ1) is 8.60. The summed E-state index contributed by atoms with van der Waals surface area (Å²) in [6, 6.07) is 3.70. The van der Waals surface area contributed by atoms with E-state index in [0.717, 1.165) is 25.6 Å². The zero-order chi connectivity index (χ0) is 12.8. The fraction of sp³-hybridized carbons (Fsp3) is 0.500. The second-order valence-electron chi connectivity index (χ2n) is 5.49. The third-order valence-corrected chi connectivity index (χ3v) is 4.32. The van der Waals surface area contributed by atoms with Crippen LogP contribution in [0, 0.1) is 11.2 Å². The van der Waals surface area contributed by atoms with E-state index in [0.29, 0.717) is 5.41 Å². The largest absolute Gasteiger partial charge is 0.508 e. The molecule has 96 valence electrons. The van der Waals surface area contributed by atoms with Crippen LogP contribution in [0.5, 0.6) is 5.75 Å². The zero-order valence-corrected chi connectivity index (χ0v) is 10.2. The summed E-state index contributed by atoms with van der Waals surface area (Å²) in [4.78, 5) is 14.0. The minimum absolute atomic E-state index is 0.0594. The highest BCUT2D eigenvalue weighted by atomic mass is 19.1. The SMILES string of the molecule is O=C(c1ccc(O)cc1F)N1CCC2(CCC2)C1. The molecule has 1 aliphatic heterocycles. The van der Waals surface area contributed by atoms with Crippen molar-refractivity contribution >= 4 is 5.91 Å². The van der Waals surface area contributed by atoms with E-state index in [4.69, 9.17) is 5.11 Å². The Labute approximate surface area is 105 Å². The van der Waals surface area contributed by atoms with Crippen LogP contribution >= 0.6 is 0 Å². The molecule has 2 aliphatic rings. The van der Waals surface area contributed by atoms with Gasteiger partial charge in [-0.3, -0.25) is 4.79 Å². The first kappa shape index (κ1) is 11.5. The Morgan fingerprint density at radius 3 is 2.67 bits per heavy atom. The van der Waals surface area contributed by atoms with Crippen molar-refractivity contribution in [1.29, 1.82) is 0 Å². The van der Waals surface area contributed by atoms with Gasteiger partial charge in [0.1, 0.15) is 11.6 Å². The molecule has 1 heterocycles. The molecular formula is C14H16FNO2. The Morgan fingerprint density at radius 2 is 2.11 bits per heavy atom. The Morgan fingerprint density at radius 1 is 1.33 bits per heavy atom. The minimum atomic E-state index is -0.644. The minimum Gasteiger partial charge on any atom is -0.508 e. The van der Waals surface area contributed by atoms with Gasteiger partial charge in [-0.05, 0) is 36.8 Å². The molecule has 1 saturated carbocycles. The van der Waals surface area contributed by atoms with Gasteiger partial charge in [0.25, 0.3) is 5.91 Å². The van der Waals surface area contributed by atoms with Crippen LogP contribution in [0.3, 0.4) is 0 Å². The second-order valence-corrected chi connectivity index (χ2v) is 5.49. The maximum Gasteiger partial charge on any atom is 0.256 e. The van der Waals surface area contributed by atoms with Gasteiger partial charge in [0.2, 0.25) is 0 Å². The van der Waals surface area contributed by atoms with Crippen LogP contribution in [-0.4, -0.2) is 29.0 Å². The van der Waals surface area contributed by atoms with Gasteiger partial charge in [-0.25, -0.2) is 4.39 Å². The van der Waals surface area contributed by atoms with E-state index >= 15 is 0 Å². The molecular weight excluding hydrogens is 233 g/mol. The van der Waals surface area contributed by atoms with Crippen LogP contribution in [-0.2, 0) is 0 Å². The molecule has 2 fully saturated rings. The van der Waals surface area contributed by atoms with E-state index in [9.17, 15) is 9.18 Å². The van der Waals surface area contributed by atoms with Crippen LogP contribution < -0.4 is 0 Å². The highest BCUT2D eigenvalue weighted by molar-refractivity contribution is 5.94. The summed E-state index contributed by atoms with van der Waals surface area (Å²) in [6.45, 7) is 1.48. The Balaban J connectivity index is 1.78. The summed E-state index contributed by atoms with van der Waals surface area (Å²) in [5, 5.41) is 9.15. The van der Waals surface area contributed by atoms with Crippen LogP contribution in [0.25, 0.3) is 0 Å². The normalized spacial score (nSPS) is 21.1. The van der Waals surface area contributed by atoms with E-state index in [1.807, 2.05) is 0 Å². The van der Waals surface area contributed by atoms with Crippen molar-refractivity contribution in [2.24, 2.45) is 5.41 Å². The Hall–Kier alpha value is -1.58. The van der Waals surface area contributed by atoms with E-state index in [-0.39, 0.29) is 17.2 Å². The van der Waals surface area contributed by atoms with E-state index in [2.05, 4.69) is 0 Å². The van der Waals surface area contributed by atoms with Crippen molar-refractivity contribution in [3.8, 4) is 5.75 Å². The van der Waals surface area contributed by atoms with Crippen molar-refractivity contribution in [3.05, 3.63) is 29.6 Å². The van der Waals surface area contributed by atoms with Crippen molar-refractivity contribution in [3.63, 3.8) is 0 Å². The van der Waals surface area contributed by atoms with E-state index < -0.39 is 5.82 Å². The number of hydrogen-bond donors (Lipinski definition) is 1. The number of benzene rings is 1. The van der Waals surface area contributed by atoms with Crippen molar-refractivity contribution < 1.29 is 14.3 Å². The van der Waals surface area contributed by atoms with Crippen molar-refractivity contribution in [2.75, 3.05) is 13.1 Å². The number of aromatic hydroxyl groups is 1. The molecule has 1 saturated heterocycles. The number of nitrogens with zero attached hydrogens (tertiary/aromatic N) is 1. The molecule has 1 spiro atoms. The molecule has 18 heavy (non-hydrogen) atoms. The van der Waals surface area contributed by atoms with E-state index in [1.54, 1.807) is 4.90 Å². The van der Waals surface area contributed by atoms with Gasteiger partial charge >= 0.3 is 0 Å². The third kappa shape index (κ3) is 1.76. The molecule has 0 unspecified atom stereocenters. The van der Waals surface area contributed by atoms with E-state index in [1.165, 1.54) is 31.4 Å². The second kappa shape index (κ2) is 3.97. The number of likely N-dealkylation sites (tertiary alicyclic amines) is 1. The summed E-state index contributed by atoms with van der Waals surface area (Å²) >= 11 is 0. The predicted octanol–water partition coefficient (Wildman–Crippen LogP) is 2.55. The number of amides is 1. The molecule has 1 N–H and O–H groups in total. The van der Waals surface area contributed by atoms with Crippen molar-refractivity contribution in [2.45, 2.75) is 25.7 Å². The number of phenolic OH excluding ortho intramolecular Hbond substituents is 1. The highest BCUT2D eigenvalue weighted by Crippen LogP contribution is 2.48. The molecule has 4 heteroatoms. The molecule has 1 aromatic carbocycles. The summed E-state index contributed by atoms with van der Waals surface area (Å²) in [6.07, 6.45) is 4.66. The average Bonchev–Trinajstić information content (AvgIpc) is 2.73. The smallest absolute Gasteiger partial charge is 0.256 e. The zero-order valence-electron chi connectivity index (χ0n) is 10.2. The summed E-state index contributed by atoms with van der Waals surface area (Å²) in [5.74, 6) is -1.05. The number of carbonyl (C=O) groups is 1. The molecule has 3 rings (SSSR count). The summed E-state index contributed by atoms with van der Waals surface area (Å²) in [7, 11) is 0. The number of carbonyl (C=O) groups excluding carboxylic acids is 1. The lowest BCUT2D eigenvalue weighted by atomic mass is 9.68. The van der Waals surface area contributed by atoms with Gasteiger partial charge in [0.05, 0.1) is 5.56 Å². The number of halogens is 1. The fourth-order valence-electron chi connectivity index (χ4n) is 3.04. The van der Waals surface area contributed by atoms with Gasteiger partial charge in [-0.1, -0.05) is 6.42 Å². The first-order valence-corrected chi connectivity index (χ1v) is 6.38. The quantitative estimate of drug-likeness (QED) is 0.831. The van der Waals surface area contributed by atoms with Gasteiger partial charge < -0.3 is 10.0 Å². The lowest BCUT2D eigenvalue weighted by molar-refractivity contribution is 0.0727. The molecule has 0 atom stereocenters. The molecule has 3 nitrogen and oxygen atoms in total. The van der Waals surface area contributed by atoms with Gasteiger partial charge in [0, 0.05) is 19.2 Å². The van der Waals surface area contributed by atoms with Crippen molar-refractivity contribution in [1.82, 2.24) is 4.90 Å². The Bertz CT molecular complexity index is 497. The number of rotatable bonds is 1. The first-order valence-electron chi connectivity index (χ1n) is 6.38. The predicted molar refractivity (Wildman–Crippen MR) is 64.9 cm³/mol. The summed E-state index contributed by atoms with van der Waals surface area (Å²) < 4.78 is 13.6. The molecule has 1 amide bonds. The van der Waals surface area contributed by atoms with Crippen LogP contribution in [0.1, 0.15) is 36.0 Å². The molecule has 0 radical (unpaired) electrons. The lowest BCUT2D eigenvalue weighted by Gasteiger charge is -2.37. The lowest BCUT2D eigenvalue weighted by Crippen LogP contribution is -2.36. The van der Waals surface area contributed by atoms with Crippen LogP contribution in [0.2, 0.25) is 0 Å². The number of phenols is 1.